The van der Waals surface area contributed by atoms with Crippen molar-refractivity contribution in [3.05, 3.63) is 82.6 Å². The van der Waals surface area contributed by atoms with E-state index in [9.17, 15) is 4.79 Å². The van der Waals surface area contributed by atoms with Crippen LogP contribution in [-0.4, -0.2) is 24.7 Å². The lowest BCUT2D eigenvalue weighted by Crippen LogP contribution is -2.05. The summed E-state index contributed by atoms with van der Waals surface area (Å²) in [5, 5.41) is 3.77. The zero-order valence-electron chi connectivity index (χ0n) is 16.9. The zero-order chi connectivity index (χ0) is 21.3. The number of halogens is 1. The zero-order valence-corrected chi connectivity index (χ0v) is 17.6. The van der Waals surface area contributed by atoms with Gasteiger partial charge in [-0.25, -0.2) is 9.78 Å². The number of carbonyl (C=O) groups is 1. The summed E-state index contributed by atoms with van der Waals surface area (Å²) in [7, 11) is 1.61. The number of hydrogen-bond acceptors (Lipinski definition) is 6. The highest BCUT2D eigenvalue weighted by molar-refractivity contribution is 6.29. The van der Waals surface area contributed by atoms with E-state index >= 15 is 0 Å². The van der Waals surface area contributed by atoms with Gasteiger partial charge in [0.15, 0.2) is 11.5 Å². The molecule has 1 aromatic heterocycles. The molecule has 0 fully saturated rings. The lowest BCUT2D eigenvalue weighted by molar-refractivity contribution is 0.0526. The number of pyridine rings is 1. The van der Waals surface area contributed by atoms with E-state index < -0.39 is 0 Å². The average molecular weight is 427 g/mol. The second kappa shape index (κ2) is 10.5. The van der Waals surface area contributed by atoms with E-state index in [1.165, 1.54) is 0 Å². The number of nitrogens with one attached hydrogen (secondary N) is 1. The highest BCUT2D eigenvalue weighted by Crippen LogP contribution is 2.29. The van der Waals surface area contributed by atoms with Crippen LogP contribution in [0.25, 0.3) is 0 Å². The third-order valence-corrected chi connectivity index (χ3v) is 4.53. The molecule has 0 spiro atoms. The van der Waals surface area contributed by atoms with E-state index in [-0.39, 0.29) is 5.97 Å². The fourth-order valence-corrected chi connectivity index (χ4v) is 2.85. The van der Waals surface area contributed by atoms with Crippen LogP contribution in [0.4, 0.5) is 5.69 Å². The molecule has 3 rings (SSSR count). The summed E-state index contributed by atoms with van der Waals surface area (Å²) in [5.41, 5.74) is 3.37. The molecule has 0 saturated carbocycles. The molecule has 0 unspecified atom stereocenters. The van der Waals surface area contributed by atoms with Crippen LogP contribution in [0.1, 0.15) is 28.4 Å². The Bertz CT molecular complexity index is 975. The number of aromatic nitrogens is 1. The summed E-state index contributed by atoms with van der Waals surface area (Å²) < 4.78 is 16.3. The number of methoxy groups -OCH3 is 1. The van der Waals surface area contributed by atoms with Crippen molar-refractivity contribution in [2.45, 2.75) is 20.1 Å². The maximum atomic E-state index is 11.7. The number of nitrogens with zero attached hydrogens (tertiary/aromatic N) is 1. The number of carbonyl (C=O) groups excluding carboxylic acids is 1. The average Bonchev–Trinajstić information content (AvgIpc) is 2.78. The van der Waals surface area contributed by atoms with Gasteiger partial charge in [-0.2, -0.15) is 0 Å². The first-order valence-electron chi connectivity index (χ1n) is 9.50. The molecule has 0 amide bonds. The van der Waals surface area contributed by atoms with Crippen LogP contribution in [0.3, 0.4) is 0 Å². The SMILES string of the molecule is CCOC(=O)c1ccc(NCc2ccc(OCc3ccc(Cl)nc3)c(OC)c2)cc1. The van der Waals surface area contributed by atoms with Gasteiger partial charge in [0.2, 0.25) is 0 Å². The van der Waals surface area contributed by atoms with Crippen molar-refractivity contribution in [3.8, 4) is 11.5 Å². The van der Waals surface area contributed by atoms with Crippen LogP contribution in [-0.2, 0) is 17.9 Å². The number of esters is 1. The second-order valence-corrected chi connectivity index (χ2v) is 6.80. The number of ether oxygens (including phenoxy) is 3. The van der Waals surface area contributed by atoms with Crippen molar-refractivity contribution in [1.29, 1.82) is 0 Å². The van der Waals surface area contributed by atoms with Crippen molar-refractivity contribution in [1.82, 2.24) is 4.98 Å². The van der Waals surface area contributed by atoms with Gasteiger partial charge in [-0.3, -0.25) is 0 Å². The van der Waals surface area contributed by atoms with E-state index in [0.717, 1.165) is 16.8 Å². The summed E-state index contributed by atoms with van der Waals surface area (Å²) in [6.07, 6.45) is 1.68. The smallest absolute Gasteiger partial charge is 0.338 e. The molecule has 2 aromatic carbocycles. The molecule has 0 atom stereocenters. The lowest BCUT2D eigenvalue weighted by Gasteiger charge is -2.13. The minimum absolute atomic E-state index is 0.321. The van der Waals surface area contributed by atoms with Gasteiger partial charge in [-0.05, 0) is 55.0 Å². The van der Waals surface area contributed by atoms with E-state index in [4.69, 9.17) is 25.8 Å². The van der Waals surface area contributed by atoms with E-state index in [2.05, 4.69) is 10.3 Å². The Hall–Kier alpha value is -3.25. The molecule has 30 heavy (non-hydrogen) atoms. The first kappa shape index (κ1) is 21.5. The summed E-state index contributed by atoms with van der Waals surface area (Å²) >= 11 is 5.80. The molecule has 3 aromatic rings. The molecule has 0 aliphatic heterocycles. The molecule has 0 radical (unpaired) electrons. The Morgan fingerprint density at radius 3 is 2.47 bits per heavy atom. The van der Waals surface area contributed by atoms with Crippen molar-refractivity contribution in [3.63, 3.8) is 0 Å². The quantitative estimate of drug-likeness (QED) is 0.378. The molecule has 0 saturated heterocycles. The minimum atomic E-state index is -0.321. The molecular weight excluding hydrogens is 404 g/mol. The first-order valence-corrected chi connectivity index (χ1v) is 9.88. The number of benzene rings is 2. The second-order valence-electron chi connectivity index (χ2n) is 6.41. The molecule has 1 heterocycles. The maximum Gasteiger partial charge on any atom is 0.338 e. The Morgan fingerprint density at radius 2 is 1.80 bits per heavy atom. The first-order chi connectivity index (χ1) is 14.6. The van der Waals surface area contributed by atoms with Gasteiger partial charge >= 0.3 is 5.97 Å². The summed E-state index contributed by atoms with van der Waals surface area (Å²) in [6.45, 7) is 3.10. The molecule has 1 N–H and O–H groups in total. The standard InChI is InChI=1S/C23H23ClN2O4/c1-3-29-23(27)18-6-8-19(9-7-18)25-13-16-4-10-20(21(12-16)28-2)30-15-17-5-11-22(24)26-14-17/h4-12,14,25H,3,13,15H2,1-2H3. The van der Waals surface area contributed by atoms with Crippen LogP contribution in [0.5, 0.6) is 11.5 Å². The van der Waals surface area contributed by atoms with Crippen LogP contribution < -0.4 is 14.8 Å². The highest BCUT2D eigenvalue weighted by atomic mass is 35.5. The van der Waals surface area contributed by atoms with Gasteiger partial charge in [0.1, 0.15) is 11.8 Å². The van der Waals surface area contributed by atoms with Gasteiger partial charge in [0, 0.05) is 24.0 Å². The monoisotopic (exact) mass is 426 g/mol. The van der Waals surface area contributed by atoms with Crippen molar-refractivity contribution < 1.29 is 19.0 Å². The predicted octanol–water partition coefficient (Wildman–Crippen LogP) is 5.11. The molecule has 156 valence electrons. The fraction of sp³-hybridized carbons (Fsp3) is 0.217. The fourth-order valence-electron chi connectivity index (χ4n) is 2.74. The van der Waals surface area contributed by atoms with Crippen LogP contribution in [0.2, 0.25) is 5.15 Å². The van der Waals surface area contributed by atoms with Crippen molar-refractivity contribution in [2.24, 2.45) is 0 Å². The molecule has 7 heteroatoms. The molecule has 0 aliphatic carbocycles. The van der Waals surface area contributed by atoms with Crippen molar-refractivity contribution in [2.75, 3.05) is 19.0 Å². The highest BCUT2D eigenvalue weighted by Gasteiger charge is 2.08. The van der Waals surface area contributed by atoms with Crippen LogP contribution >= 0.6 is 11.6 Å². The topological polar surface area (TPSA) is 69.7 Å². The largest absolute Gasteiger partial charge is 0.493 e. The Balaban J connectivity index is 1.59. The molecule has 6 nitrogen and oxygen atoms in total. The van der Waals surface area contributed by atoms with Crippen LogP contribution in [0, 0.1) is 0 Å². The van der Waals surface area contributed by atoms with Crippen LogP contribution in [0.15, 0.2) is 60.8 Å². The van der Waals surface area contributed by atoms with Crippen molar-refractivity contribution >= 4 is 23.3 Å². The van der Waals surface area contributed by atoms with E-state index in [1.807, 2.05) is 36.4 Å². The van der Waals surface area contributed by atoms with Gasteiger partial charge in [0.25, 0.3) is 0 Å². The minimum Gasteiger partial charge on any atom is -0.493 e. The van der Waals surface area contributed by atoms with E-state index in [1.54, 1.807) is 38.4 Å². The normalized spacial score (nSPS) is 10.4. The predicted molar refractivity (Wildman–Crippen MR) is 116 cm³/mol. The third-order valence-electron chi connectivity index (χ3n) is 4.30. The lowest BCUT2D eigenvalue weighted by atomic mass is 10.1. The molecule has 0 aliphatic rings. The molecule has 0 bridgehead atoms. The van der Waals surface area contributed by atoms with Gasteiger partial charge in [-0.15, -0.1) is 0 Å². The molecular formula is C23H23ClN2O4. The Morgan fingerprint density at radius 1 is 1.03 bits per heavy atom. The number of anilines is 1. The maximum absolute atomic E-state index is 11.7. The third kappa shape index (κ3) is 5.87. The summed E-state index contributed by atoms with van der Waals surface area (Å²) in [4.78, 5) is 15.8. The summed E-state index contributed by atoms with van der Waals surface area (Å²) in [5.74, 6) is 0.975. The summed E-state index contributed by atoms with van der Waals surface area (Å²) in [6, 6.07) is 16.5. The number of rotatable bonds is 9. The van der Waals surface area contributed by atoms with Gasteiger partial charge in [-0.1, -0.05) is 23.7 Å². The van der Waals surface area contributed by atoms with E-state index in [0.29, 0.717) is 42.0 Å². The Labute approximate surface area is 180 Å². The van der Waals surface area contributed by atoms with Gasteiger partial charge < -0.3 is 19.5 Å². The Kier molecular flexibility index (Phi) is 7.51. The van der Waals surface area contributed by atoms with Gasteiger partial charge in [0.05, 0.1) is 19.3 Å². The number of hydrogen-bond donors (Lipinski definition) is 1.